The molecule has 5 rings (SSSR count). The van der Waals surface area contributed by atoms with Crippen LogP contribution in [0.5, 0.6) is 0 Å². The van der Waals surface area contributed by atoms with Gasteiger partial charge in [-0.25, -0.2) is 15.0 Å². The fraction of sp³-hybridized carbons (Fsp3) is 0.391. The van der Waals surface area contributed by atoms with Gasteiger partial charge in [0.1, 0.15) is 17.0 Å². The molecule has 4 aromatic heterocycles. The summed E-state index contributed by atoms with van der Waals surface area (Å²) in [5.41, 5.74) is 6.92. The number of alkyl halides is 3. The van der Waals surface area contributed by atoms with Gasteiger partial charge in [0.05, 0.1) is 22.6 Å². The minimum atomic E-state index is -4.61. The van der Waals surface area contributed by atoms with Crippen LogP contribution in [-0.2, 0) is 6.18 Å². The smallest absolute Gasteiger partial charge is 0.857 e. The molecule has 0 unspecified atom stereocenters. The van der Waals surface area contributed by atoms with Crippen molar-refractivity contribution in [3.05, 3.63) is 41.5 Å². The summed E-state index contributed by atoms with van der Waals surface area (Å²) in [6.07, 6.45) is 1.71. The quantitative estimate of drug-likeness (QED) is 0.321. The molecule has 1 fully saturated rings. The zero-order valence-electron chi connectivity index (χ0n) is 20.7. The number of hydrogen-bond acceptors (Lipinski definition) is 8. The molecule has 0 spiro atoms. The van der Waals surface area contributed by atoms with E-state index in [1.807, 2.05) is 0 Å². The van der Waals surface area contributed by atoms with Gasteiger partial charge in [-0.1, -0.05) is 11.6 Å². The minimum Gasteiger partial charge on any atom is -0.857 e. The fourth-order valence-corrected chi connectivity index (χ4v) is 3.80. The summed E-state index contributed by atoms with van der Waals surface area (Å²) >= 11 is 0. The van der Waals surface area contributed by atoms with Gasteiger partial charge in [-0.05, 0) is 51.9 Å². The van der Waals surface area contributed by atoms with Crippen molar-refractivity contribution >= 4 is 17.0 Å². The molecule has 13 heteroatoms. The number of nitrogens with two attached hydrogens (primary N) is 1. The Hall–Kier alpha value is -1.87. The maximum absolute atomic E-state index is 13.3. The van der Waals surface area contributed by atoms with Crippen molar-refractivity contribution < 1.29 is 74.2 Å². The van der Waals surface area contributed by atoms with Crippen molar-refractivity contribution in [2.75, 3.05) is 25.9 Å². The van der Waals surface area contributed by atoms with Crippen molar-refractivity contribution in [2.45, 2.75) is 39.3 Å². The van der Waals surface area contributed by atoms with Crippen molar-refractivity contribution in [1.82, 2.24) is 30.4 Å². The Morgan fingerprint density at radius 1 is 1.06 bits per heavy atom. The Bertz CT molecular complexity index is 1240. The van der Waals surface area contributed by atoms with Crippen LogP contribution in [0.2, 0.25) is 0 Å². The second kappa shape index (κ2) is 13.6. The molecule has 0 atom stereocenters. The molecule has 0 radical (unpaired) electrons. The molecule has 5 heterocycles. The van der Waals surface area contributed by atoms with Crippen LogP contribution in [0, 0.1) is 13.8 Å². The predicted octanol–water partition coefficient (Wildman–Crippen LogP) is 0.633. The van der Waals surface area contributed by atoms with E-state index in [1.54, 1.807) is 26.0 Å². The van der Waals surface area contributed by atoms with E-state index >= 15 is 0 Å². The summed E-state index contributed by atoms with van der Waals surface area (Å²) in [5, 5.41) is 15.9. The van der Waals surface area contributed by atoms with E-state index in [0.717, 1.165) is 12.7 Å². The van der Waals surface area contributed by atoms with Crippen LogP contribution in [0.4, 0.5) is 19.1 Å². The molecular formula is C23H27F3KN7O2. The van der Waals surface area contributed by atoms with Gasteiger partial charge in [-0.2, -0.15) is 20.3 Å². The number of pyridine rings is 1. The van der Waals surface area contributed by atoms with Gasteiger partial charge in [-0.15, -0.1) is 0 Å². The number of nitrogen functional groups attached to an aromatic ring is 1. The van der Waals surface area contributed by atoms with E-state index in [4.69, 9.17) is 15.4 Å². The minimum absolute atomic E-state index is 0. The Morgan fingerprint density at radius 2 is 1.75 bits per heavy atom. The third-order valence-electron chi connectivity index (χ3n) is 5.40. The third-order valence-corrected chi connectivity index (χ3v) is 5.40. The van der Waals surface area contributed by atoms with E-state index in [9.17, 15) is 13.2 Å². The standard InChI is InChI=1S/C17H13F3N6O.C5H11N.CH3O.K/c1-7-13(8(2)27-26-7)12-4-3-9-10(5-22-15(9)24-12)14-11(17(18,19)20)6-23-16(21)25-14;1-2-4-6-5-3-1;1-2;/h3-6H,1-2H3,(H,22,24)(H2,21,23,25);6H,1-5H2;1H3;/q;;-1;+1. The second-order valence-corrected chi connectivity index (χ2v) is 7.79. The molecule has 36 heavy (non-hydrogen) atoms. The Labute approximate surface area is 248 Å². The van der Waals surface area contributed by atoms with E-state index in [0.29, 0.717) is 34.4 Å². The number of piperidine rings is 1. The van der Waals surface area contributed by atoms with Gasteiger partial charge in [0.2, 0.25) is 5.95 Å². The molecule has 0 aromatic carbocycles. The van der Waals surface area contributed by atoms with Crippen molar-refractivity contribution in [3.8, 4) is 22.5 Å². The normalized spacial score (nSPS) is 13.2. The number of anilines is 1. The Morgan fingerprint density at radius 3 is 2.28 bits per heavy atom. The molecule has 0 bridgehead atoms. The van der Waals surface area contributed by atoms with Crippen LogP contribution in [0.25, 0.3) is 33.5 Å². The van der Waals surface area contributed by atoms with Crippen LogP contribution in [-0.4, -0.2) is 45.3 Å². The number of aromatic amines is 1. The van der Waals surface area contributed by atoms with E-state index in [1.165, 1.54) is 38.5 Å². The summed E-state index contributed by atoms with van der Waals surface area (Å²) < 4.78 is 45.2. The first-order valence-corrected chi connectivity index (χ1v) is 11.0. The van der Waals surface area contributed by atoms with Crippen molar-refractivity contribution in [1.29, 1.82) is 0 Å². The SMILES string of the molecule is C1CCNCC1.C[O-].Cc1noc(C)c1-c1ccc2c(-c3nc(N)ncc3C(F)(F)F)c[nH]c2n1.[K+]. The van der Waals surface area contributed by atoms with E-state index < -0.39 is 11.7 Å². The van der Waals surface area contributed by atoms with Crippen LogP contribution >= 0.6 is 0 Å². The fourth-order valence-electron chi connectivity index (χ4n) is 3.80. The molecule has 188 valence electrons. The number of fused-ring (bicyclic) bond motifs is 1. The summed E-state index contributed by atoms with van der Waals surface area (Å²) in [6.45, 7) is 6.05. The van der Waals surface area contributed by atoms with Gasteiger partial charge in [-0.3, -0.25) is 0 Å². The van der Waals surface area contributed by atoms with Gasteiger partial charge < -0.3 is 25.7 Å². The molecule has 1 aliphatic rings. The Balaban J connectivity index is 0.000000439. The first kappa shape index (κ1) is 30.4. The molecule has 1 aliphatic heterocycles. The molecule has 1 saturated heterocycles. The first-order chi connectivity index (χ1) is 16.8. The number of H-pyrrole nitrogens is 1. The maximum atomic E-state index is 13.3. The van der Waals surface area contributed by atoms with Gasteiger partial charge in [0, 0.05) is 23.3 Å². The Kier molecular flexibility index (Phi) is 11.5. The van der Waals surface area contributed by atoms with Crippen LogP contribution in [0.3, 0.4) is 0 Å². The average molecular weight is 530 g/mol. The summed E-state index contributed by atoms with van der Waals surface area (Å²) in [6, 6.07) is 3.37. The summed E-state index contributed by atoms with van der Waals surface area (Å²) in [4.78, 5) is 14.7. The van der Waals surface area contributed by atoms with Gasteiger partial charge >= 0.3 is 57.6 Å². The summed E-state index contributed by atoms with van der Waals surface area (Å²) in [7, 11) is 0.750. The number of halogens is 3. The molecule has 4 N–H and O–H groups in total. The van der Waals surface area contributed by atoms with Gasteiger partial charge in [0.15, 0.2) is 0 Å². The third kappa shape index (κ3) is 7.12. The zero-order valence-corrected chi connectivity index (χ0v) is 23.8. The molecular weight excluding hydrogens is 502 g/mol. The maximum Gasteiger partial charge on any atom is 1.00 e. The number of hydrogen-bond donors (Lipinski definition) is 3. The summed E-state index contributed by atoms with van der Waals surface area (Å²) in [5.74, 6) is 0.363. The number of nitrogens with zero attached hydrogens (tertiary/aromatic N) is 4. The van der Waals surface area contributed by atoms with Crippen molar-refractivity contribution in [3.63, 3.8) is 0 Å². The molecule has 9 nitrogen and oxygen atoms in total. The van der Waals surface area contributed by atoms with Crippen LogP contribution in [0.1, 0.15) is 36.3 Å². The predicted molar refractivity (Wildman–Crippen MR) is 124 cm³/mol. The van der Waals surface area contributed by atoms with E-state index in [-0.39, 0.29) is 68.6 Å². The first-order valence-electron chi connectivity index (χ1n) is 11.0. The number of nitrogens with one attached hydrogen (secondary N) is 2. The molecule has 0 amide bonds. The monoisotopic (exact) mass is 529 g/mol. The van der Waals surface area contributed by atoms with Gasteiger partial charge in [0.25, 0.3) is 0 Å². The van der Waals surface area contributed by atoms with Crippen LogP contribution in [0.15, 0.2) is 29.0 Å². The number of rotatable bonds is 2. The van der Waals surface area contributed by atoms with E-state index in [2.05, 4.69) is 30.4 Å². The largest absolute Gasteiger partial charge is 1.00 e. The molecule has 0 aliphatic carbocycles. The molecule has 4 aromatic rings. The second-order valence-electron chi connectivity index (χ2n) is 7.79. The van der Waals surface area contributed by atoms with Crippen LogP contribution < -0.4 is 67.5 Å². The van der Waals surface area contributed by atoms with Crippen molar-refractivity contribution in [2.24, 2.45) is 0 Å². The average Bonchev–Trinajstić information content (AvgIpc) is 3.43. The number of aromatic nitrogens is 5. The number of aryl methyl sites for hydroxylation is 2. The zero-order chi connectivity index (χ0) is 25.6. The topological polar surface area (TPSA) is 142 Å². The molecule has 0 saturated carbocycles.